The Morgan fingerprint density at radius 2 is 2.12 bits per heavy atom. The van der Waals surface area contributed by atoms with Gasteiger partial charge in [-0.3, -0.25) is 14.5 Å². The fourth-order valence-electron chi connectivity index (χ4n) is 3.54. The van der Waals surface area contributed by atoms with Crippen LogP contribution in [0.5, 0.6) is 0 Å². The number of aliphatic hydroxyl groups excluding tert-OH is 1. The highest BCUT2D eigenvalue weighted by Crippen LogP contribution is 2.52. The smallest absolute Gasteiger partial charge is 0.324 e. The molecule has 24 heavy (non-hydrogen) atoms. The number of benzene rings is 1. The highest BCUT2D eigenvalue weighted by Gasteiger charge is 2.55. The molecule has 1 spiro atoms. The van der Waals surface area contributed by atoms with Crippen LogP contribution in [0.3, 0.4) is 0 Å². The Morgan fingerprint density at radius 3 is 2.75 bits per heavy atom. The number of aliphatic hydroxyl groups is 1. The average molecular weight is 329 g/mol. The van der Waals surface area contributed by atoms with Crippen molar-refractivity contribution in [3.05, 3.63) is 35.4 Å². The number of rotatable bonds is 3. The number of nitrogens with zero attached hydrogens (tertiary/aromatic N) is 2. The molecular formula is C17H19N3O4. The van der Waals surface area contributed by atoms with Crippen LogP contribution < -0.4 is 5.32 Å². The Kier molecular flexibility index (Phi) is 3.35. The first-order valence-electron chi connectivity index (χ1n) is 8.13. The molecule has 1 aliphatic carbocycles. The molecule has 1 atom stereocenters. The van der Waals surface area contributed by atoms with Gasteiger partial charge in [-0.1, -0.05) is 12.1 Å². The van der Waals surface area contributed by atoms with Crippen LogP contribution in [-0.4, -0.2) is 58.5 Å². The number of β-amino-alcohol motifs (C(OH)–C–C–N with tert-alkyl or cyclic N) is 1. The minimum absolute atomic E-state index is 0.0191. The van der Waals surface area contributed by atoms with Gasteiger partial charge in [0.25, 0.3) is 5.91 Å². The second-order valence-electron chi connectivity index (χ2n) is 6.90. The molecule has 0 aromatic heterocycles. The minimum atomic E-state index is -0.435. The number of carbonyl (C=O) groups excluding carboxylic acids is 3. The molecule has 0 bridgehead atoms. The molecule has 7 heteroatoms. The van der Waals surface area contributed by atoms with E-state index in [1.54, 1.807) is 29.2 Å². The molecule has 1 aromatic carbocycles. The number of imide groups is 1. The Labute approximate surface area is 139 Å². The van der Waals surface area contributed by atoms with E-state index in [4.69, 9.17) is 0 Å². The van der Waals surface area contributed by atoms with E-state index >= 15 is 0 Å². The molecule has 2 heterocycles. The third-order valence-electron chi connectivity index (χ3n) is 5.24. The maximum absolute atomic E-state index is 12.7. The largest absolute Gasteiger partial charge is 0.391 e. The first-order chi connectivity index (χ1) is 11.5. The molecule has 2 saturated heterocycles. The predicted molar refractivity (Wildman–Crippen MR) is 84.0 cm³/mol. The summed E-state index contributed by atoms with van der Waals surface area (Å²) in [6.07, 6.45) is 1.52. The monoisotopic (exact) mass is 329 g/mol. The highest BCUT2D eigenvalue weighted by atomic mass is 16.3. The zero-order valence-electron chi connectivity index (χ0n) is 13.2. The number of amides is 4. The first-order valence-corrected chi connectivity index (χ1v) is 8.13. The quantitative estimate of drug-likeness (QED) is 0.782. The lowest BCUT2D eigenvalue weighted by molar-refractivity contribution is -0.125. The van der Waals surface area contributed by atoms with E-state index in [0.29, 0.717) is 18.7 Å². The maximum atomic E-state index is 12.7. The lowest BCUT2D eigenvalue weighted by Gasteiger charge is -2.17. The SMILES string of the molecule is O=C(c1cccc(CN2C(=O)CNC2=O)c1)N1CC(O)C2(CC2)C1. The summed E-state index contributed by atoms with van der Waals surface area (Å²) < 4.78 is 0. The van der Waals surface area contributed by atoms with Crippen molar-refractivity contribution in [2.24, 2.45) is 5.41 Å². The van der Waals surface area contributed by atoms with Gasteiger partial charge in [-0.25, -0.2) is 4.79 Å². The third kappa shape index (κ3) is 2.45. The number of nitrogens with one attached hydrogen (secondary N) is 1. The van der Waals surface area contributed by atoms with Gasteiger partial charge < -0.3 is 15.3 Å². The highest BCUT2D eigenvalue weighted by molar-refractivity contribution is 6.02. The molecule has 2 aliphatic heterocycles. The molecular weight excluding hydrogens is 310 g/mol. The molecule has 3 aliphatic rings. The second-order valence-corrected chi connectivity index (χ2v) is 6.90. The van der Waals surface area contributed by atoms with Crippen LogP contribution in [0.4, 0.5) is 4.79 Å². The molecule has 1 unspecified atom stereocenters. The van der Waals surface area contributed by atoms with Crippen LogP contribution in [0.1, 0.15) is 28.8 Å². The van der Waals surface area contributed by atoms with Crippen molar-refractivity contribution in [2.45, 2.75) is 25.5 Å². The Bertz CT molecular complexity index is 712. The molecule has 1 aromatic rings. The Morgan fingerprint density at radius 1 is 1.33 bits per heavy atom. The molecule has 126 valence electrons. The summed E-state index contributed by atoms with van der Waals surface area (Å²) in [6.45, 7) is 1.14. The Balaban J connectivity index is 1.49. The van der Waals surface area contributed by atoms with Crippen molar-refractivity contribution < 1.29 is 19.5 Å². The van der Waals surface area contributed by atoms with Gasteiger partial charge in [-0.15, -0.1) is 0 Å². The van der Waals surface area contributed by atoms with Gasteiger partial charge in [-0.05, 0) is 30.5 Å². The average Bonchev–Trinajstić information content (AvgIpc) is 3.20. The summed E-state index contributed by atoms with van der Waals surface area (Å²) >= 11 is 0. The summed E-state index contributed by atoms with van der Waals surface area (Å²) in [5, 5.41) is 12.6. The first kappa shape index (κ1) is 15.1. The number of likely N-dealkylation sites (tertiary alicyclic amines) is 1. The molecule has 0 radical (unpaired) electrons. The van der Waals surface area contributed by atoms with Crippen LogP contribution in [0, 0.1) is 5.41 Å². The van der Waals surface area contributed by atoms with Crippen molar-refractivity contribution in [3.63, 3.8) is 0 Å². The van der Waals surface area contributed by atoms with Gasteiger partial charge in [0.2, 0.25) is 5.91 Å². The van der Waals surface area contributed by atoms with E-state index in [1.165, 1.54) is 0 Å². The van der Waals surface area contributed by atoms with Gasteiger partial charge in [0, 0.05) is 24.1 Å². The predicted octanol–water partition coefficient (Wildman–Crippen LogP) is 0.335. The molecule has 1 saturated carbocycles. The normalized spacial score (nSPS) is 24.6. The van der Waals surface area contributed by atoms with E-state index in [-0.39, 0.29) is 30.3 Å². The lowest BCUT2D eigenvalue weighted by atomic mass is 10.0. The van der Waals surface area contributed by atoms with Crippen LogP contribution in [0.15, 0.2) is 24.3 Å². The molecule has 2 N–H and O–H groups in total. The number of hydrogen-bond acceptors (Lipinski definition) is 4. The van der Waals surface area contributed by atoms with Gasteiger partial charge >= 0.3 is 6.03 Å². The van der Waals surface area contributed by atoms with Gasteiger partial charge in [0.15, 0.2) is 0 Å². The second kappa shape index (κ2) is 5.31. The van der Waals surface area contributed by atoms with Gasteiger partial charge in [0.05, 0.1) is 19.2 Å². The summed E-state index contributed by atoms with van der Waals surface area (Å²) in [4.78, 5) is 38.8. The van der Waals surface area contributed by atoms with Crippen molar-refractivity contribution in [3.8, 4) is 0 Å². The lowest BCUT2D eigenvalue weighted by Crippen LogP contribution is -2.31. The fourth-order valence-corrected chi connectivity index (χ4v) is 3.54. The van der Waals surface area contributed by atoms with E-state index < -0.39 is 12.1 Å². The number of carbonyl (C=O) groups is 3. The molecule has 7 nitrogen and oxygen atoms in total. The molecule has 4 rings (SSSR count). The van der Waals surface area contributed by atoms with Crippen molar-refractivity contribution >= 4 is 17.8 Å². The van der Waals surface area contributed by atoms with E-state index in [2.05, 4.69) is 5.32 Å². The number of hydrogen-bond donors (Lipinski definition) is 2. The summed E-state index contributed by atoms with van der Waals surface area (Å²) in [5.41, 5.74) is 1.17. The van der Waals surface area contributed by atoms with Crippen LogP contribution in [0.25, 0.3) is 0 Å². The van der Waals surface area contributed by atoms with Gasteiger partial charge in [-0.2, -0.15) is 0 Å². The topological polar surface area (TPSA) is 90.0 Å². The minimum Gasteiger partial charge on any atom is -0.391 e. The van der Waals surface area contributed by atoms with Crippen LogP contribution in [-0.2, 0) is 11.3 Å². The van der Waals surface area contributed by atoms with Crippen molar-refractivity contribution in [1.29, 1.82) is 0 Å². The molecule has 4 amide bonds. The van der Waals surface area contributed by atoms with Crippen LogP contribution >= 0.6 is 0 Å². The van der Waals surface area contributed by atoms with Gasteiger partial charge in [0.1, 0.15) is 0 Å². The van der Waals surface area contributed by atoms with Crippen molar-refractivity contribution in [2.75, 3.05) is 19.6 Å². The zero-order valence-corrected chi connectivity index (χ0v) is 13.2. The zero-order chi connectivity index (χ0) is 16.9. The third-order valence-corrected chi connectivity index (χ3v) is 5.24. The van der Waals surface area contributed by atoms with Crippen molar-refractivity contribution in [1.82, 2.24) is 15.1 Å². The number of urea groups is 1. The van der Waals surface area contributed by atoms with E-state index in [9.17, 15) is 19.5 Å². The maximum Gasteiger partial charge on any atom is 0.324 e. The summed E-state index contributed by atoms with van der Waals surface area (Å²) in [7, 11) is 0. The fraction of sp³-hybridized carbons (Fsp3) is 0.471. The van der Waals surface area contributed by atoms with Crippen LogP contribution in [0.2, 0.25) is 0 Å². The van der Waals surface area contributed by atoms with E-state index in [1.807, 2.05) is 0 Å². The summed E-state index contributed by atoms with van der Waals surface area (Å²) in [5.74, 6) is -0.382. The van der Waals surface area contributed by atoms with E-state index in [0.717, 1.165) is 23.3 Å². The standard InChI is InChI=1S/C17H19N3O4/c21-13-9-19(10-17(13)4-5-17)15(23)12-3-1-2-11(6-12)8-20-14(22)7-18-16(20)24/h1-3,6,13,21H,4-5,7-10H2,(H,18,24). The summed E-state index contributed by atoms with van der Waals surface area (Å²) in [6, 6.07) is 6.57. The molecule has 3 fully saturated rings. The Hall–Kier alpha value is -2.41.